The third-order valence-corrected chi connectivity index (χ3v) is 2.44. The fraction of sp³-hybridized carbons (Fsp3) is 0.364. The highest BCUT2D eigenvalue weighted by Gasteiger charge is 2.19. The number of hydrogen-bond acceptors (Lipinski definition) is 4. The van der Waals surface area contributed by atoms with Crippen molar-refractivity contribution in [3.8, 4) is 0 Å². The van der Waals surface area contributed by atoms with Gasteiger partial charge in [-0.25, -0.2) is 4.98 Å². The lowest BCUT2D eigenvalue weighted by atomic mass is 10.3. The summed E-state index contributed by atoms with van der Waals surface area (Å²) >= 11 is 5.89. The van der Waals surface area contributed by atoms with E-state index in [4.69, 9.17) is 21.4 Å². The Kier molecular flexibility index (Phi) is 5.54. The van der Waals surface area contributed by atoms with E-state index in [9.17, 15) is 9.59 Å². The van der Waals surface area contributed by atoms with Crippen LogP contribution in [0.4, 0.5) is 5.69 Å². The summed E-state index contributed by atoms with van der Waals surface area (Å²) in [5, 5.41) is 8.82. The van der Waals surface area contributed by atoms with Crippen LogP contribution in [0.3, 0.4) is 0 Å². The van der Waals surface area contributed by atoms with Crippen molar-refractivity contribution in [2.24, 2.45) is 0 Å². The van der Waals surface area contributed by atoms with Crippen LogP contribution < -0.4 is 4.90 Å². The third kappa shape index (κ3) is 3.97. The number of aliphatic carboxylic acids is 1. The van der Waals surface area contributed by atoms with Crippen LogP contribution in [-0.2, 0) is 14.3 Å². The Morgan fingerprint density at radius 2 is 2.28 bits per heavy atom. The average molecular weight is 273 g/mol. The van der Waals surface area contributed by atoms with E-state index in [0.717, 1.165) is 0 Å². The highest BCUT2D eigenvalue weighted by atomic mass is 35.5. The smallest absolute Gasteiger partial charge is 0.305 e. The minimum atomic E-state index is -0.995. The predicted octanol–water partition coefficient (Wildman–Crippen LogP) is 1.19. The zero-order valence-corrected chi connectivity index (χ0v) is 10.6. The quantitative estimate of drug-likeness (QED) is 0.787. The van der Waals surface area contributed by atoms with Gasteiger partial charge in [0, 0.05) is 19.9 Å². The molecule has 0 saturated carbocycles. The summed E-state index contributed by atoms with van der Waals surface area (Å²) in [7, 11) is 1.39. The molecule has 7 heteroatoms. The molecule has 0 aliphatic carbocycles. The Hall–Kier alpha value is -1.66. The normalized spacial score (nSPS) is 10.1. The lowest BCUT2D eigenvalue weighted by Crippen LogP contribution is -2.35. The predicted molar refractivity (Wildman–Crippen MR) is 65.7 cm³/mol. The molecule has 0 unspecified atom stereocenters. The summed E-state index contributed by atoms with van der Waals surface area (Å²) in [6.07, 6.45) is 1.31. The lowest BCUT2D eigenvalue weighted by molar-refractivity contribution is -0.136. The summed E-state index contributed by atoms with van der Waals surface area (Å²) in [5.74, 6) is -1.36. The second kappa shape index (κ2) is 6.93. The van der Waals surface area contributed by atoms with Crippen LogP contribution in [0, 0.1) is 0 Å². The SMILES string of the molecule is COCC(=O)N(CCC(=O)O)c1cccnc1Cl. The molecule has 0 radical (unpaired) electrons. The standard InChI is InChI=1S/C11H13ClN2O4/c1-18-7-9(15)14(6-4-10(16)17)8-3-2-5-13-11(8)12/h2-3,5H,4,6-7H2,1H3,(H,16,17). The van der Waals surface area contributed by atoms with E-state index < -0.39 is 5.97 Å². The first-order valence-corrected chi connectivity index (χ1v) is 5.55. The van der Waals surface area contributed by atoms with E-state index in [0.29, 0.717) is 5.69 Å². The van der Waals surface area contributed by atoms with Gasteiger partial charge in [-0.05, 0) is 12.1 Å². The molecular weight excluding hydrogens is 260 g/mol. The Balaban J connectivity index is 2.93. The number of carboxylic acid groups (broad SMARTS) is 1. The molecule has 0 atom stereocenters. The van der Waals surface area contributed by atoms with Crippen molar-refractivity contribution < 1.29 is 19.4 Å². The number of carbonyl (C=O) groups is 2. The second-order valence-electron chi connectivity index (χ2n) is 3.44. The summed E-state index contributed by atoms with van der Waals surface area (Å²) in [6, 6.07) is 3.22. The average Bonchev–Trinajstić information content (AvgIpc) is 2.31. The topological polar surface area (TPSA) is 79.7 Å². The van der Waals surface area contributed by atoms with E-state index in [-0.39, 0.29) is 30.6 Å². The monoisotopic (exact) mass is 272 g/mol. The molecule has 1 N–H and O–H groups in total. The van der Waals surface area contributed by atoms with Gasteiger partial charge in [0.05, 0.1) is 12.1 Å². The van der Waals surface area contributed by atoms with Gasteiger partial charge in [0.1, 0.15) is 6.61 Å². The van der Waals surface area contributed by atoms with Crippen molar-refractivity contribution in [2.75, 3.05) is 25.2 Å². The number of rotatable bonds is 6. The molecule has 1 rings (SSSR count). The highest BCUT2D eigenvalue weighted by molar-refractivity contribution is 6.32. The highest BCUT2D eigenvalue weighted by Crippen LogP contribution is 2.23. The van der Waals surface area contributed by atoms with Crippen LogP contribution in [-0.4, -0.2) is 42.2 Å². The van der Waals surface area contributed by atoms with Crippen LogP contribution in [0.2, 0.25) is 5.15 Å². The maximum Gasteiger partial charge on any atom is 0.305 e. The van der Waals surface area contributed by atoms with E-state index in [2.05, 4.69) is 4.98 Å². The van der Waals surface area contributed by atoms with Crippen molar-refractivity contribution in [1.82, 2.24) is 4.98 Å². The molecule has 0 spiro atoms. The number of amides is 1. The molecule has 1 heterocycles. The first-order valence-electron chi connectivity index (χ1n) is 5.18. The fourth-order valence-corrected chi connectivity index (χ4v) is 1.59. The summed E-state index contributed by atoms with van der Waals surface area (Å²) < 4.78 is 4.75. The van der Waals surface area contributed by atoms with Gasteiger partial charge in [-0.2, -0.15) is 0 Å². The van der Waals surface area contributed by atoms with Gasteiger partial charge in [-0.1, -0.05) is 11.6 Å². The molecule has 1 aromatic heterocycles. The molecule has 1 aromatic rings. The number of methoxy groups -OCH3 is 1. The molecule has 6 nitrogen and oxygen atoms in total. The van der Waals surface area contributed by atoms with Crippen LogP contribution in [0.25, 0.3) is 0 Å². The van der Waals surface area contributed by atoms with Crippen molar-refractivity contribution in [1.29, 1.82) is 0 Å². The summed E-state index contributed by atoms with van der Waals surface area (Å²) in [5.41, 5.74) is 0.377. The maximum absolute atomic E-state index is 11.8. The summed E-state index contributed by atoms with van der Waals surface area (Å²) in [4.78, 5) is 27.5. The van der Waals surface area contributed by atoms with Crippen molar-refractivity contribution in [2.45, 2.75) is 6.42 Å². The van der Waals surface area contributed by atoms with Gasteiger partial charge in [0.2, 0.25) is 0 Å². The van der Waals surface area contributed by atoms with E-state index >= 15 is 0 Å². The van der Waals surface area contributed by atoms with Crippen LogP contribution in [0.5, 0.6) is 0 Å². The first-order chi connectivity index (χ1) is 8.56. The van der Waals surface area contributed by atoms with Gasteiger partial charge in [0.15, 0.2) is 5.15 Å². The van der Waals surface area contributed by atoms with Crippen LogP contribution >= 0.6 is 11.6 Å². The van der Waals surface area contributed by atoms with Gasteiger partial charge in [0.25, 0.3) is 5.91 Å². The molecule has 0 bridgehead atoms. The minimum Gasteiger partial charge on any atom is -0.481 e. The molecule has 0 fully saturated rings. The lowest BCUT2D eigenvalue weighted by Gasteiger charge is -2.22. The largest absolute Gasteiger partial charge is 0.481 e. The molecule has 0 saturated heterocycles. The number of ether oxygens (including phenoxy) is 1. The first kappa shape index (κ1) is 14.4. The number of nitrogens with zero attached hydrogens (tertiary/aromatic N) is 2. The number of aromatic nitrogens is 1. The molecular formula is C11H13ClN2O4. The number of halogens is 1. The van der Waals surface area contributed by atoms with Gasteiger partial charge in [-0.3, -0.25) is 9.59 Å². The number of carboxylic acids is 1. The third-order valence-electron chi connectivity index (χ3n) is 2.15. The van der Waals surface area contributed by atoms with E-state index in [1.807, 2.05) is 0 Å². The number of anilines is 1. The molecule has 0 aliphatic heterocycles. The number of pyridine rings is 1. The molecule has 1 amide bonds. The number of carbonyl (C=O) groups excluding carboxylic acids is 1. The van der Waals surface area contributed by atoms with Crippen molar-refractivity contribution in [3.63, 3.8) is 0 Å². The number of hydrogen-bond donors (Lipinski definition) is 1. The van der Waals surface area contributed by atoms with Crippen molar-refractivity contribution >= 4 is 29.2 Å². The molecule has 0 aliphatic rings. The van der Waals surface area contributed by atoms with Crippen molar-refractivity contribution in [3.05, 3.63) is 23.5 Å². The van der Waals surface area contributed by atoms with Gasteiger partial charge >= 0.3 is 5.97 Å². The zero-order valence-electron chi connectivity index (χ0n) is 9.80. The zero-order chi connectivity index (χ0) is 13.5. The van der Waals surface area contributed by atoms with Crippen LogP contribution in [0.15, 0.2) is 18.3 Å². The Morgan fingerprint density at radius 1 is 1.56 bits per heavy atom. The van der Waals surface area contributed by atoms with Crippen LogP contribution in [0.1, 0.15) is 6.42 Å². The second-order valence-corrected chi connectivity index (χ2v) is 3.79. The van der Waals surface area contributed by atoms with E-state index in [1.54, 1.807) is 12.1 Å². The Bertz CT molecular complexity index is 439. The molecule has 0 aromatic carbocycles. The Morgan fingerprint density at radius 3 is 2.83 bits per heavy atom. The molecule has 18 heavy (non-hydrogen) atoms. The van der Waals surface area contributed by atoms with E-state index in [1.165, 1.54) is 18.2 Å². The minimum absolute atomic E-state index is 0.0168. The Labute approximate surface area is 109 Å². The summed E-state index contributed by atoms with van der Waals surface area (Å²) in [6.45, 7) is -0.131. The van der Waals surface area contributed by atoms with Gasteiger partial charge < -0.3 is 14.7 Å². The molecule has 98 valence electrons. The van der Waals surface area contributed by atoms with Gasteiger partial charge in [-0.15, -0.1) is 0 Å². The fourth-order valence-electron chi connectivity index (χ4n) is 1.37. The maximum atomic E-state index is 11.8.